The smallest absolute Gasteiger partial charge is 0.242 e. The van der Waals surface area contributed by atoms with E-state index in [0.717, 1.165) is 0 Å². The fourth-order valence-electron chi connectivity index (χ4n) is 1.17. The highest BCUT2D eigenvalue weighted by Gasteiger charge is 2.07. The number of carbonyl (C=O) groups is 1. The summed E-state index contributed by atoms with van der Waals surface area (Å²) in [6.07, 6.45) is -2.72. The number of halogens is 2. The van der Waals surface area contributed by atoms with Gasteiger partial charge in [-0.3, -0.25) is 4.79 Å². The molecular formula is C10H11F2NO. The minimum atomic E-state index is -2.39. The first-order chi connectivity index (χ1) is 6.63. The van der Waals surface area contributed by atoms with Crippen LogP contribution in [0.1, 0.15) is 15.9 Å². The van der Waals surface area contributed by atoms with Crippen LogP contribution in [0.2, 0.25) is 0 Å². The normalized spacial score (nSPS) is 10.6. The Labute approximate surface area is 80.7 Å². The zero-order valence-corrected chi connectivity index (χ0v) is 7.54. The fraction of sp³-hybridized carbons (Fsp3) is 0.300. The molecule has 0 aliphatic rings. The second-order valence-electron chi connectivity index (χ2n) is 2.92. The zero-order valence-electron chi connectivity index (χ0n) is 7.54. The number of hydrogen-bond acceptors (Lipinski definition) is 2. The van der Waals surface area contributed by atoms with E-state index in [1.54, 1.807) is 18.2 Å². The molecule has 76 valence electrons. The Bertz CT molecular complexity index is 326. The van der Waals surface area contributed by atoms with Crippen molar-refractivity contribution in [3.05, 3.63) is 35.4 Å². The van der Waals surface area contributed by atoms with Crippen LogP contribution < -0.4 is 5.73 Å². The Morgan fingerprint density at radius 1 is 1.43 bits per heavy atom. The summed E-state index contributed by atoms with van der Waals surface area (Å²) in [6, 6.07) is 6.19. The van der Waals surface area contributed by atoms with Gasteiger partial charge in [-0.15, -0.1) is 0 Å². The lowest BCUT2D eigenvalue weighted by Crippen LogP contribution is -2.13. The Balaban J connectivity index is 2.84. The molecule has 2 N–H and O–H groups in total. The number of hydrogen-bond donors (Lipinski definition) is 1. The van der Waals surface area contributed by atoms with Crippen molar-refractivity contribution in [2.75, 3.05) is 6.54 Å². The van der Waals surface area contributed by atoms with E-state index in [4.69, 9.17) is 5.73 Å². The van der Waals surface area contributed by atoms with Crippen molar-refractivity contribution in [2.45, 2.75) is 12.8 Å². The highest BCUT2D eigenvalue weighted by atomic mass is 19.3. The van der Waals surface area contributed by atoms with Gasteiger partial charge >= 0.3 is 0 Å². The van der Waals surface area contributed by atoms with Crippen molar-refractivity contribution in [1.29, 1.82) is 0 Å². The second kappa shape index (κ2) is 4.81. The van der Waals surface area contributed by atoms with Gasteiger partial charge in [-0.25, -0.2) is 8.78 Å². The molecule has 0 aliphatic heterocycles. The van der Waals surface area contributed by atoms with E-state index in [9.17, 15) is 13.6 Å². The van der Waals surface area contributed by atoms with Gasteiger partial charge < -0.3 is 5.73 Å². The maximum atomic E-state index is 12.0. The van der Waals surface area contributed by atoms with E-state index in [-0.39, 0.29) is 18.7 Å². The molecule has 1 aromatic carbocycles. The van der Waals surface area contributed by atoms with E-state index in [2.05, 4.69) is 0 Å². The minimum absolute atomic E-state index is 0.0991. The summed E-state index contributed by atoms with van der Waals surface area (Å²) in [4.78, 5) is 11.1. The summed E-state index contributed by atoms with van der Waals surface area (Å²) in [5, 5.41) is 0. The SMILES string of the molecule is NCC(=O)c1cccc(CC(F)F)c1. The van der Waals surface area contributed by atoms with Gasteiger partial charge in [0.15, 0.2) is 5.78 Å². The highest BCUT2D eigenvalue weighted by molar-refractivity contribution is 5.97. The number of benzene rings is 1. The molecular weight excluding hydrogens is 188 g/mol. The van der Waals surface area contributed by atoms with Crippen molar-refractivity contribution < 1.29 is 13.6 Å². The molecule has 0 amide bonds. The van der Waals surface area contributed by atoms with Crippen LogP contribution in [0, 0.1) is 0 Å². The molecule has 0 radical (unpaired) electrons. The lowest BCUT2D eigenvalue weighted by Gasteiger charge is -2.02. The van der Waals surface area contributed by atoms with Gasteiger partial charge in [0, 0.05) is 12.0 Å². The standard InChI is InChI=1S/C10H11F2NO/c11-10(12)5-7-2-1-3-8(4-7)9(14)6-13/h1-4,10H,5-6,13H2. The third kappa shape index (κ3) is 2.88. The minimum Gasteiger partial charge on any atom is -0.324 e. The summed E-state index contributed by atoms with van der Waals surface area (Å²) in [5.74, 6) is -0.235. The Morgan fingerprint density at radius 2 is 2.14 bits per heavy atom. The Kier molecular flexibility index (Phi) is 3.71. The van der Waals surface area contributed by atoms with Crippen molar-refractivity contribution in [1.82, 2.24) is 0 Å². The van der Waals surface area contributed by atoms with Crippen LogP contribution in [0.4, 0.5) is 8.78 Å². The van der Waals surface area contributed by atoms with Crippen LogP contribution >= 0.6 is 0 Å². The largest absolute Gasteiger partial charge is 0.324 e. The van der Waals surface area contributed by atoms with Gasteiger partial charge in [0.05, 0.1) is 6.54 Å². The fourth-order valence-corrected chi connectivity index (χ4v) is 1.17. The summed E-state index contributed by atoms with van der Waals surface area (Å²) < 4.78 is 24.1. The number of rotatable bonds is 4. The van der Waals surface area contributed by atoms with E-state index >= 15 is 0 Å². The quantitative estimate of drug-likeness (QED) is 0.749. The molecule has 0 aliphatic carbocycles. The molecule has 4 heteroatoms. The van der Waals surface area contributed by atoms with Crippen LogP contribution in [0.5, 0.6) is 0 Å². The summed E-state index contributed by atoms with van der Waals surface area (Å²) in [5.41, 5.74) is 6.01. The molecule has 0 aromatic heterocycles. The van der Waals surface area contributed by atoms with Gasteiger partial charge in [-0.05, 0) is 11.6 Å². The predicted octanol–water partition coefficient (Wildman–Crippen LogP) is 1.64. The molecule has 14 heavy (non-hydrogen) atoms. The van der Waals surface area contributed by atoms with Crippen LogP contribution in [-0.4, -0.2) is 18.8 Å². The Morgan fingerprint density at radius 3 is 2.71 bits per heavy atom. The number of alkyl halides is 2. The van der Waals surface area contributed by atoms with Crippen molar-refractivity contribution in [2.24, 2.45) is 5.73 Å². The molecule has 0 bridgehead atoms. The first-order valence-corrected chi connectivity index (χ1v) is 4.24. The van der Waals surface area contributed by atoms with Gasteiger partial charge in [0.1, 0.15) is 0 Å². The zero-order chi connectivity index (χ0) is 10.6. The number of carbonyl (C=O) groups excluding carboxylic acids is 1. The van der Waals surface area contributed by atoms with Crippen LogP contribution in [0.3, 0.4) is 0 Å². The van der Waals surface area contributed by atoms with E-state index in [1.807, 2.05) is 0 Å². The third-order valence-corrected chi connectivity index (χ3v) is 1.82. The average molecular weight is 199 g/mol. The second-order valence-corrected chi connectivity index (χ2v) is 2.92. The third-order valence-electron chi connectivity index (χ3n) is 1.82. The summed E-state index contributed by atoms with van der Waals surface area (Å²) >= 11 is 0. The molecule has 0 fully saturated rings. The van der Waals surface area contributed by atoms with Crippen molar-refractivity contribution in [3.8, 4) is 0 Å². The van der Waals surface area contributed by atoms with Gasteiger partial charge in [-0.1, -0.05) is 18.2 Å². The lowest BCUT2D eigenvalue weighted by atomic mass is 10.1. The molecule has 0 saturated heterocycles. The maximum Gasteiger partial charge on any atom is 0.242 e. The van der Waals surface area contributed by atoms with Gasteiger partial charge in [-0.2, -0.15) is 0 Å². The lowest BCUT2D eigenvalue weighted by molar-refractivity contribution is 0.100. The highest BCUT2D eigenvalue weighted by Crippen LogP contribution is 2.10. The van der Waals surface area contributed by atoms with E-state index < -0.39 is 6.43 Å². The molecule has 1 aromatic rings. The molecule has 0 unspecified atom stereocenters. The topological polar surface area (TPSA) is 43.1 Å². The van der Waals surface area contributed by atoms with Gasteiger partial charge in [0.2, 0.25) is 6.43 Å². The Hall–Kier alpha value is -1.29. The molecule has 1 rings (SSSR count). The van der Waals surface area contributed by atoms with E-state index in [0.29, 0.717) is 11.1 Å². The van der Waals surface area contributed by atoms with Gasteiger partial charge in [0.25, 0.3) is 0 Å². The first kappa shape index (κ1) is 10.8. The monoisotopic (exact) mass is 199 g/mol. The van der Waals surface area contributed by atoms with Crippen molar-refractivity contribution in [3.63, 3.8) is 0 Å². The summed E-state index contributed by atoms with van der Waals surface area (Å²) in [7, 11) is 0. The average Bonchev–Trinajstić information content (AvgIpc) is 2.16. The summed E-state index contributed by atoms with van der Waals surface area (Å²) in [6.45, 7) is -0.0991. The predicted molar refractivity (Wildman–Crippen MR) is 49.5 cm³/mol. The number of Topliss-reactive ketones (excluding diaryl/α,β-unsaturated/α-hetero) is 1. The molecule has 0 atom stereocenters. The van der Waals surface area contributed by atoms with Crippen LogP contribution in [0.15, 0.2) is 24.3 Å². The first-order valence-electron chi connectivity index (χ1n) is 4.24. The number of ketones is 1. The van der Waals surface area contributed by atoms with Crippen molar-refractivity contribution >= 4 is 5.78 Å². The maximum absolute atomic E-state index is 12.0. The van der Waals surface area contributed by atoms with E-state index in [1.165, 1.54) is 6.07 Å². The molecule has 0 saturated carbocycles. The molecule has 2 nitrogen and oxygen atoms in total. The molecule has 0 spiro atoms. The van der Waals surface area contributed by atoms with Crippen LogP contribution in [0.25, 0.3) is 0 Å². The molecule has 0 heterocycles. The number of nitrogens with two attached hydrogens (primary N) is 1. The van der Waals surface area contributed by atoms with Crippen LogP contribution in [-0.2, 0) is 6.42 Å².